The van der Waals surface area contributed by atoms with Gasteiger partial charge in [0.05, 0.1) is 5.56 Å². The van der Waals surface area contributed by atoms with Crippen LogP contribution in [-0.2, 0) is 0 Å². The molecular weight excluding hydrogens is 248 g/mol. The Morgan fingerprint density at radius 1 is 1.11 bits per heavy atom. The van der Waals surface area contributed by atoms with Crippen molar-refractivity contribution in [2.75, 3.05) is 5.32 Å². The summed E-state index contributed by atoms with van der Waals surface area (Å²) in [6.07, 6.45) is 0. The predicted octanol–water partition coefficient (Wildman–Crippen LogP) is 3.83. The van der Waals surface area contributed by atoms with E-state index in [0.717, 1.165) is 0 Å². The second-order valence-corrected chi connectivity index (χ2v) is 4.41. The van der Waals surface area contributed by atoms with Crippen LogP contribution in [0.15, 0.2) is 36.4 Å². The van der Waals surface area contributed by atoms with E-state index in [1.54, 1.807) is 32.0 Å². The van der Waals surface area contributed by atoms with Gasteiger partial charge in [-0.15, -0.1) is 0 Å². The van der Waals surface area contributed by atoms with Gasteiger partial charge in [-0.1, -0.05) is 12.1 Å². The standard InChI is InChI=1S/C15H13F2NO/c1-9-6-11(16)8-12(7-9)18-15(19)13-5-3-4-10(2)14(13)17/h3-8H,1-2H3,(H,18,19). The Kier molecular flexibility index (Phi) is 3.60. The SMILES string of the molecule is Cc1cc(F)cc(NC(=O)c2cccc(C)c2F)c1. The van der Waals surface area contributed by atoms with Crippen LogP contribution in [0.3, 0.4) is 0 Å². The van der Waals surface area contributed by atoms with Crippen molar-refractivity contribution in [3.05, 3.63) is 64.7 Å². The Hall–Kier alpha value is -2.23. The molecule has 2 aromatic rings. The van der Waals surface area contributed by atoms with E-state index in [2.05, 4.69) is 5.32 Å². The second-order valence-electron chi connectivity index (χ2n) is 4.41. The van der Waals surface area contributed by atoms with Crippen LogP contribution in [0.2, 0.25) is 0 Å². The summed E-state index contributed by atoms with van der Waals surface area (Å²) in [4.78, 5) is 11.9. The van der Waals surface area contributed by atoms with Gasteiger partial charge in [0.1, 0.15) is 11.6 Å². The third kappa shape index (κ3) is 2.96. The number of halogens is 2. The molecule has 98 valence electrons. The van der Waals surface area contributed by atoms with Crippen molar-refractivity contribution >= 4 is 11.6 Å². The fraction of sp³-hybridized carbons (Fsp3) is 0.133. The molecule has 0 saturated carbocycles. The smallest absolute Gasteiger partial charge is 0.258 e. The third-order valence-electron chi connectivity index (χ3n) is 2.74. The molecule has 0 aliphatic carbocycles. The van der Waals surface area contributed by atoms with Crippen LogP contribution >= 0.6 is 0 Å². The quantitative estimate of drug-likeness (QED) is 0.874. The normalized spacial score (nSPS) is 10.3. The molecule has 0 fully saturated rings. The first-order valence-electron chi connectivity index (χ1n) is 5.81. The Morgan fingerprint density at radius 2 is 1.84 bits per heavy atom. The molecule has 1 amide bonds. The topological polar surface area (TPSA) is 29.1 Å². The average Bonchev–Trinajstić information content (AvgIpc) is 2.31. The Labute approximate surface area is 110 Å². The second kappa shape index (κ2) is 5.18. The molecule has 0 aliphatic rings. The summed E-state index contributed by atoms with van der Waals surface area (Å²) in [5.41, 5.74) is 1.33. The minimum absolute atomic E-state index is 0.0538. The molecule has 0 spiro atoms. The average molecular weight is 261 g/mol. The van der Waals surface area contributed by atoms with Crippen molar-refractivity contribution in [1.29, 1.82) is 0 Å². The molecule has 0 aliphatic heterocycles. The zero-order valence-electron chi connectivity index (χ0n) is 10.6. The highest BCUT2D eigenvalue weighted by atomic mass is 19.1. The van der Waals surface area contributed by atoms with Crippen LogP contribution < -0.4 is 5.32 Å². The number of carbonyl (C=O) groups excluding carboxylic acids is 1. The highest BCUT2D eigenvalue weighted by molar-refractivity contribution is 6.04. The van der Waals surface area contributed by atoms with Gasteiger partial charge in [0.2, 0.25) is 0 Å². The predicted molar refractivity (Wildman–Crippen MR) is 70.2 cm³/mol. The van der Waals surface area contributed by atoms with Crippen molar-refractivity contribution in [3.8, 4) is 0 Å². The van der Waals surface area contributed by atoms with Gasteiger partial charge in [-0.25, -0.2) is 8.78 Å². The van der Waals surface area contributed by atoms with Gasteiger partial charge >= 0.3 is 0 Å². The molecule has 0 bridgehead atoms. The first-order chi connectivity index (χ1) is 8.97. The summed E-state index contributed by atoms with van der Waals surface area (Å²) in [5, 5.41) is 2.49. The lowest BCUT2D eigenvalue weighted by Gasteiger charge is -2.08. The highest BCUT2D eigenvalue weighted by Crippen LogP contribution is 2.17. The van der Waals surface area contributed by atoms with E-state index in [1.165, 1.54) is 18.2 Å². The minimum Gasteiger partial charge on any atom is -0.322 e. The van der Waals surface area contributed by atoms with Crippen LogP contribution in [0.5, 0.6) is 0 Å². The van der Waals surface area contributed by atoms with Crippen molar-refractivity contribution in [1.82, 2.24) is 0 Å². The number of anilines is 1. The van der Waals surface area contributed by atoms with Gasteiger partial charge < -0.3 is 5.32 Å². The van der Waals surface area contributed by atoms with E-state index in [9.17, 15) is 13.6 Å². The van der Waals surface area contributed by atoms with E-state index < -0.39 is 17.5 Å². The lowest BCUT2D eigenvalue weighted by molar-refractivity contribution is 0.102. The number of hydrogen-bond acceptors (Lipinski definition) is 1. The number of carbonyl (C=O) groups is 1. The number of rotatable bonds is 2. The van der Waals surface area contributed by atoms with Gasteiger partial charge in [-0.05, 0) is 49.2 Å². The van der Waals surface area contributed by atoms with Crippen LogP contribution in [0.25, 0.3) is 0 Å². The molecular formula is C15H13F2NO. The number of nitrogens with one attached hydrogen (secondary N) is 1. The molecule has 2 aromatic carbocycles. The summed E-state index contributed by atoms with van der Waals surface area (Å²) < 4.78 is 27.0. The van der Waals surface area contributed by atoms with E-state index in [0.29, 0.717) is 16.8 Å². The first kappa shape index (κ1) is 13.2. The number of hydrogen-bond donors (Lipinski definition) is 1. The summed E-state index contributed by atoms with van der Waals surface area (Å²) in [7, 11) is 0. The maximum Gasteiger partial charge on any atom is 0.258 e. The van der Waals surface area contributed by atoms with Crippen LogP contribution in [0, 0.1) is 25.5 Å². The van der Waals surface area contributed by atoms with Crippen molar-refractivity contribution < 1.29 is 13.6 Å². The molecule has 0 aromatic heterocycles. The molecule has 0 unspecified atom stereocenters. The van der Waals surface area contributed by atoms with E-state index in [4.69, 9.17) is 0 Å². The Bertz CT molecular complexity index is 618. The van der Waals surface area contributed by atoms with Crippen LogP contribution in [0.4, 0.5) is 14.5 Å². The highest BCUT2D eigenvalue weighted by Gasteiger charge is 2.13. The number of amides is 1. The number of aryl methyl sites for hydroxylation is 2. The first-order valence-corrected chi connectivity index (χ1v) is 5.81. The fourth-order valence-electron chi connectivity index (χ4n) is 1.83. The molecule has 0 heterocycles. The van der Waals surface area contributed by atoms with E-state index >= 15 is 0 Å². The number of benzene rings is 2. The van der Waals surface area contributed by atoms with Gasteiger partial charge in [0.15, 0.2) is 0 Å². The molecule has 0 saturated heterocycles. The molecule has 1 N–H and O–H groups in total. The zero-order valence-corrected chi connectivity index (χ0v) is 10.6. The van der Waals surface area contributed by atoms with Crippen molar-refractivity contribution in [3.63, 3.8) is 0 Å². The largest absolute Gasteiger partial charge is 0.322 e. The molecule has 2 nitrogen and oxygen atoms in total. The molecule has 0 atom stereocenters. The van der Waals surface area contributed by atoms with Crippen molar-refractivity contribution in [2.24, 2.45) is 0 Å². The molecule has 2 rings (SSSR count). The Balaban J connectivity index is 2.28. The molecule has 4 heteroatoms. The fourth-order valence-corrected chi connectivity index (χ4v) is 1.83. The van der Waals surface area contributed by atoms with Crippen LogP contribution in [-0.4, -0.2) is 5.91 Å². The summed E-state index contributed by atoms with van der Waals surface area (Å²) in [6.45, 7) is 3.30. The lowest BCUT2D eigenvalue weighted by atomic mass is 10.1. The van der Waals surface area contributed by atoms with E-state index in [-0.39, 0.29) is 5.56 Å². The zero-order chi connectivity index (χ0) is 14.0. The molecule has 19 heavy (non-hydrogen) atoms. The summed E-state index contributed by atoms with van der Waals surface area (Å²) in [5.74, 6) is -1.60. The van der Waals surface area contributed by atoms with Crippen LogP contribution in [0.1, 0.15) is 21.5 Å². The summed E-state index contributed by atoms with van der Waals surface area (Å²) >= 11 is 0. The van der Waals surface area contributed by atoms with Gasteiger partial charge in [0.25, 0.3) is 5.91 Å². The maximum atomic E-state index is 13.8. The van der Waals surface area contributed by atoms with Gasteiger partial charge in [0, 0.05) is 5.69 Å². The minimum atomic E-state index is -0.591. The summed E-state index contributed by atoms with van der Waals surface area (Å²) in [6, 6.07) is 8.74. The van der Waals surface area contributed by atoms with Gasteiger partial charge in [-0.3, -0.25) is 4.79 Å². The Morgan fingerprint density at radius 3 is 2.53 bits per heavy atom. The van der Waals surface area contributed by atoms with Gasteiger partial charge in [-0.2, -0.15) is 0 Å². The lowest BCUT2D eigenvalue weighted by Crippen LogP contribution is -2.14. The van der Waals surface area contributed by atoms with E-state index in [1.807, 2.05) is 0 Å². The third-order valence-corrected chi connectivity index (χ3v) is 2.74. The molecule has 0 radical (unpaired) electrons. The maximum absolute atomic E-state index is 13.8. The monoisotopic (exact) mass is 261 g/mol. The van der Waals surface area contributed by atoms with Crippen molar-refractivity contribution in [2.45, 2.75) is 13.8 Å².